The molecular weight excluding hydrogens is 224 g/mol. The molecule has 0 aromatic rings. The fourth-order valence-corrected chi connectivity index (χ4v) is 3.78. The molecule has 3 rings (SSSR count). The Morgan fingerprint density at radius 2 is 2.06 bits per heavy atom. The first kappa shape index (κ1) is 12.5. The van der Waals surface area contributed by atoms with Crippen LogP contribution in [0.3, 0.4) is 0 Å². The minimum atomic E-state index is 0.0831. The Hall–Kier alpha value is -0.570. The number of hydrogen-bond donors (Lipinski definition) is 2. The smallest absolute Gasteiger partial charge is 0.237 e. The highest BCUT2D eigenvalue weighted by atomic mass is 16.2. The highest BCUT2D eigenvalue weighted by molar-refractivity contribution is 5.82. The molecule has 0 bridgehead atoms. The number of rotatable bonds is 4. The van der Waals surface area contributed by atoms with Crippen LogP contribution in [0.4, 0.5) is 0 Å². The van der Waals surface area contributed by atoms with Crippen molar-refractivity contribution in [3.8, 4) is 0 Å². The molecule has 0 spiro atoms. The maximum Gasteiger partial charge on any atom is 0.237 e. The Balaban J connectivity index is 1.47. The lowest BCUT2D eigenvalue weighted by Gasteiger charge is -2.24. The summed E-state index contributed by atoms with van der Waals surface area (Å²) in [6, 6.07) is 1.06. The molecule has 4 atom stereocenters. The summed E-state index contributed by atoms with van der Waals surface area (Å²) >= 11 is 0. The molecule has 3 nitrogen and oxygen atoms in total. The third-order valence-corrected chi connectivity index (χ3v) is 4.95. The highest BCUT2D eigenvalue weighted by Crippen LogP contribution is 2.34. The predicted molar refractivity (Wildman–Crippen MR) is 72.2 cm³/mol. The van der Waals surface area contributed by atoms with Gasteiger partial charge >= 0.3 is 0 Å². The van der Waals surface area contributed by atoms with Gasteiger partial charge in [0.25, 0.3) is 0 Å². The Labute approximate surface area is 110 Å². The van der Waals surface area contributed by atoms with E-state index in [9.17, 15) is 4.79 Å². The molecule has 2 N–H and O–H groups in total. The monoisotopic (exact) mass is 250 g/mol. The Morgan fingerprint density at radius 3 is 2.78 bits per heavy atom. The average Bonchev–Trinajstić information content (AvgIpc) is 3.05. The van der Waals surface area contributed by atoms with E-state index < -0.39 is 0 Å². The van der Waals surface area contributed by atoms with Crippen LogP contribution in [-0.2, 0) is 4.79 Å². The SMILES string of the molecule is CC(CC1CC1)NC(=O)C1CC2CCCCC2N1. The van der Waals surface area contributed by atoms with Gasteiger partial charge in [-0.1, -0.05) is 25.7 Å². The van der Waals surface area contributed by atoms with Crippen molar-refractivity contribution >= 4 is 5.91 Å². The van der Waals surface area contributed by atoms with Crippen molar-refractivity contribution in [3.63, 3.8) is 0 Å². The third-order valence-electron chi connectivity index (χ3n) is 4.95. The Bertz CT molecular complexity index is 300. The van der Waals surface area contributed by atoms with Crippen molar-refractivity contribution in [2.45, 2.75) is 76.4 Å². The predicted octanol–water partition coefficient (Wildman–Crippen LogP) is 2.21. The second-order valence-corrected chi connectivity index (χ2v) is 6.69. The zero-order valence-corrected chi connectivity index (χ0v) is 11.5. The number of carbonyl (C=O) groups is 1. The lowest BCUT2D eigenvalue weighted by atomic mass is 9.85. The molecule has 1 heterocycles. The minimum Gasteiger partial charge on any atom is -0.352 e. The molecule has 1 amide bonds. The van der Waals surface area contributed by atoms with Gasteiger partial charge in [0, 0.05) is 12.1 Å². The Kier molecular flexibility index (Phi) is 3.60. The number of hydrogen-bond acceptors (Lipinski definition) is 2. The van der Waals surface area contributed by atoms with E-state index in [0.29, 0.717) is 12.1 Å². The summed E-state index contributed by atoms with van der Waals surface area (Å²) in [5.41, 5.74) is 0. The highest BCUT2D eigenvalue weighted by Gasteiger charge is 2.38. The molecule has 3 aliphatic rings. The summed E-state index contributed by atoms with van der Waals surface area (Å²) in [5, 5.41) is 6.76. The summed E-state index contributed by atoms with van der Waals surface area (Å²) in [4.78, 5) is 12.2. The Morgan fingerprint density at radius 1 is 1.28 bits per heavy atom. The molecule has 102 valence electrons. The number of carbonyl (C=O) groups excluding carboxylic acids is 1. The van der Waals surface area contributed by atoms with Crippen LogP contribution in [0.2, 0.25) is 0 Å². The van der Waals surface area contributed by atoms with Crippen LogP contribution >= 0.6 is 0 Å². The molecule has 1 saturated heterocycles. The lowest BCUT2D eigenvalue weighted by molar-refractivity contribution is -0.123. The van der Waals surface area contributed by atoms with Crippen molar-refractivity contribution in [2.24, 2.45) is 11.8 Å². The van der Waals surface area contributed by atoms with E-state index in [2.05, 4.69) is 17.6 Å². The van der Waals surface area contributed by atoms with Gasteiger partial charge in [0.2, 0.25) is 5.91 Å². The van der Waals surface area contributed by atoms with Crippen molar-refractivity contribution in [1.82, 2.24) is 10.6 Å². The number of amides is 1. The third kappa shape index (κ3) is 2.87. The van der Waals surface area contributed by atoms with Crippen LogP contribution in [0.1, 0.15) is 58.3 Å². The van der Waals surface area contributed by atoms with E-state index in [1.165, 1.54) is 44.9 Å². The molecule has 0 aromatic carbocycles. The van der Waals surface area contributed by atoms with E-state index in [1.807, 2.05) is 0 Å². The normalized spacial score (nSPS) is 37.1. The van der Waals surface area contributed by atoms with E-state index >= 15 is 0 Å². The van der Waals surface area contributed by atoms with Gasteiger partial charge in [0.1, 0.15) is 0 Å². The zero-order valence-electron chi connectivity index (χ0n) is 11.5. The molecule has 1 aliphatic heterocycles. The largest absolute Gasteiger partial charge is 0.352 e. The number of fused-ring (bicyclic) bond motifs is 1. The standard InChI is InChI=1S/C15H26N2O/c1-10(8-11-6-7-11)16-15(18)14-9-12-4-2-3-5-13(12)17-14/h10-14,17H,2-9H2,1H3,(H,16,18). The zero-order chi connectivity index (χ0) is 12.5. The summed E-state index contributed by atoms with van der Waals surface area (Å²) < 4.78 is 0. The van der Waals surface area contributed by atoms with E-state index in [-0.39, 0.29) is 11.9 Å². The summed E-state index contributed by atoms with van der Waals surface area (Å²) in [7, 11) is 0. The van der Waals surface area contributed by atoms with Gasteiger partial charge in [-0.05, 0) is 44.4 Å². The van der Waals surface area contributed by atoms with Gasteiger partial charge in [-0.2, -0.15) is 0 Å². The maximum absolute atomic E-state index is 12.2. The molecule has 0 aromatic heterocycles. The fourth-order valence-electron chi connectivity index (χ4n) is 3.78. The van der Waals surface area contributed by atoms with Crippen molar-refractivity contribution in [3.05, 3.63) is 0 Å². The van der Waals surface area contributed by atoms with Gasteiger partial charge in [-0.25, -0.2) is 0 Å². The van der Waals surface area contributed by atoms with Gasteiger partial charge < -0.3 is 10.6 Å². The van der Waals surface area contributed by atoms with Gasteiger partial charge in [0.15, 0.2) is 0 Å². The van der Waals surface area contributed by atoms with Crippen LogP contribution in [0.5, 0.6) is 0 Å². The van der Waals surface area contributed by atoms with Crippen molar-refractivity contribution in [1.29, 1.82) is 0 Å². The summed E-state index contributed by atoms with van der Waals surface area (Å²) in [5.74, 6) is 1.89. The van der Waals surface area contributed by atoms with Crippen LogP contribution in [0.25, 0.3) is 0 Å². The van der Waals surface area contributed by atoms with E-state index in [0.717, 1.165) is 18.3 Å². The van der Waals surface area contributed by atoms with E-state index in [1.54, 1.807) is 0 Å². The minimum absolute atomic E-state index is 0.0831. The van der Waals surface area contributed by atoms with Crippen LogP contribution in [-0.4, -0.2) is 24.0 Å². The molecule has 2 aliphatic carbocycles. The first-order valence-corrected chi connectivity index (χ1v) is 7.79. The number of nitrogens with one attached hydrogen (secondary N) is 2. The van der Waals surface area contributed by atoms with Gasteiger partial charge in [-0.15, -0.1) is 0 Å². The first-order valence-electron chi connectivity index (χ1n) is 7.79. The lowest BCUT2D eigenvalue weighted by Crippen LogP contribution is -2.46. The van der Waals surface area contributed by atoms with Crippen LogP contribution in [0.15, 0.2) is 0 Å². The second kappa shape index (κ2) is 5.20. The molecule has 3 fully saturated rings. The van der Waals surface area contributed by atoms with E-state index in [4.69, 9.17) is 0 Å². The summed E-state index contributed by atoms with van der Waals surface area (Å²) in [6.07, 6.45) is 10.2. The molecule has 3 heteroatoms. The molecule has 0 radical (unpaired) electrons. The molecule has 4 unspecified atom stereocenters. The fraction of sp³-hybridized carbons (Fsp3) is 0.933. The van der Waals surface area contributed by atoms with Gasteiger partial charge in [-0.3, -0.25) is 4.79 Å². The second-order valence-electron chi connectivity index (χ2n) is 6.69. The molecule has 2 saturated carbocycles. The van der Waals surface area contributed by atoms with Crippen molar-refractivity contribution < 1.29 is 4.79 Å². The topological polar surface area (TPSA) is 41.1 Å². The first-order chi connectivity index (χ1) is 8.72. The van der Waals surface area contributed by atoms with Crippen LogP contribution in [0, 0.1) is 11.8 Å². The quantitative estimate of drug-likeness (QED) is 0.803. The molecule has 18 heavy (non-hydrogen) atoms. The summed E-state index contributed by atoms with van der Waals surface area (Å²) in [6.45, 7) is 2.15. The average molecular weight is 250 g/mol. The van der Waals surface area contributed by atoms with Gasteiger partial charge in [0.05, 0.1) is 6.04 Å². The maximum atomic E-state index is 12.2. The van der Waals surface area contributed by atoms with Crippen molar-refractivity contribution in [2.75, 3.05) is 0 Å². The molecular formula is C15H26N2O. The van der Waals surface area contributed by atoms with Crippen LogP contribution < -0.4 is 10.6 Å².